The van der Waals surface area contributed by atoms with Crippen molar-refractivity contribution in [1.29, 1.82) is 0 Å². The van der Waals surface area contributed by atoms with E-state index in [1.54, 1.807) is 4.68 Å². The van der Waals surface area contributed by atoms with Crippen molar-refractivity contribution in [1.82, 2.24) is 14.8 Å². The van der Waals surface area contributed by atoms with E-state index < -0.39 is 6.10 Å². The SMILES string of the molecule is CCOc1nc(-c2ccc3c(c2)OCO3)n(-c2ccc(NC[C@H](O)Cc3ccccc3)cc2)n1. The number of fused-ring (bicyclic) bond motifs is 1. The van der Waals surface area contributed by atoms with E-state index in [0.29, 0.717) is 42.9 Å². The molecule has 4 aromatic rings. The molecule has 0 bridgehead atoms. The van der Waals surface area contributed by atoms with Gasteiger partial charge in [-0.15, -0.1) is 5.10 Å². The van der Waals surface area contributed by atoms with Crippen LogP contribution in [0.5, 0.6) is 17.5 Å². The first-order chi connectivity index (χ1) is 16.7. The molecule has 0 unspecified atom stereocenters. The summed E-state index contributed by atoms with van der Waals surface area (Å²) in [5.74, 6) is 2.03. The lowest BCUT2D eigenvalue weighted by molar-refractivity contribution is 0.174. The molecule has 0 fully saturated rings. The first-order valence-electron chi connectivity index (χ1n) is 11.3. The Labute approximate surface area is 197 Å². The first kappa shape index (κ1) is 21.8. The van der Waals surface area contributed by atoms with Gasteiger partial charge in [-0.3, -0.25) is 0 Å². The molecule has 5 rings (SSSR count). The first-order valence-corrected chi connectivity index (χ1v) is 11.3. The van der Waals surface area contributed by atoms with Crippen LogP contribution < -0.4 is 19.5 Å². The number of aliphatic hydroxyl groups is 1. The number of hydrogen-bond acceptors (Lipinski definition) is 7. The summed E-state index contributed by atoms with van der Waals surface area (Å²) in [5, 5.41) is 18.2. The lowest BCUT2D eigenvalue weighted by atomic mass is 10.1. The van der Waals surface area contributed by atoms with Gasteiger partial charge in [0.25, 0.3) is 0 Å². The highest BCUT2D eigenvalue weighted by molar-refractivity contribution is 5.64. The van der Waals surface area contributed by atoms with Crippen molar-refractivity contribution in [3.63, 3.8) is 0 Å². The fourth-order valence-electron chi connectivity index (χ4n) is 3.80. The maximum absolute atomic E-state index is 10.4. The van der Waals surface area contributed by atoms with Gasteiger partial charge in [0.05, 0.1) is 18.4 Å². The Balaban J connectivity index is 1.32. The van der Waals surface area contributed by atoms with Crippen LogP contribution in [0.2, 0.25) is 0 Å². The van der Waals surface area contributed by atoms with Gasteiger partial charge in [-0.05, 0) is 55.0 Å². The minimum absolute atomic E-state index is 0.212. The molecule has 2 heterocycles. The molecule has 0 amide bonds. The quantitative estimate of drug-likeness (QED) is 0.391. The van der Waals surface area contributed by atoms with E-state index in [1.807, 2.05) is 79.7 Å². The second kappa shape index (κ2) is 9.84. The van der Waals surface area contributed by atoms with E-state index in [2.05, 4.69) is 15.4 Å². The van der Waals surface area contributed by atoms with Crippen LogP contribution >= 0.6 is 0 Å². The van der Waals surface area contributed by atoms with Crippen molar-refractivity contribution >= 4 is 5.69 Å². The van der Waals surface area contributed by atoms with E-state index in [4.69, 9.17) is 14.2 Å². The number of benzene rings is 3. The predicted octanol–water partition coefficient (Wildman–Crippen LogP) is 4.08. The highest BCUT2D eigenvalue weighted by atomic mass is 16.7. The summed E-state index contributed by atoms with van der Waals surface area (Å²) in [7, 11) is 0. The standard InChI is InChI=1S/C26H26N4O4/c1-2-32-26-28-25(19-8-13-23-24(15-19)34-17-33-23)30(29-26)21-11-9-20(10-12-21)27-16-22(31)14-18-6-4-3-5-7-18/h3-13,15,22,27,31H,2,14,16-17H2,1H3/t22-/m1/s1. The lowest BCUT2D eigenvalue weighted by Gasteiger charge is -2.13. The van der Waals surface area contributed by atoms with Gasteiger partial charge in [0.2, 0.25) is 6.79 Å². The van der Waals surface area contributed by atoms with E-state index in [9.17, 15) is 5.11 Å². The molecule has 0 saturated heterocycles. The summed E-state index contributed by atoms with van der Waals surface area (Å²) in [6.07, 6.45) is 0.119. The average Bonchev–Trinajstić information content (AvgIpc) is 3.51. The Morgan fingerprint density at radius 1 is 1.03 bits per heavy atom. The van der Waals surface area contributed by atoms with Gasteiger partial charge in [-0.25, -0.2) is 4.68 Å². The molecule has 3 aromatic carbocycles. The van der Waals surface area contributed by atoms with Crippen LogP contribution in [-0.4, -0.2) is 45.9 Å². The molecule has 1 aromatic heterocycles. The lowest BCUT2D eigenvalue weighted by Crippen LogP contribution is -2.21. The Bertz CT molecular complexity index is 1240. The van der Waals surface area contributed by atoms with Crippen molar-refractivity contribution in [2.24, 2.45) is 0 Å². The maximum Gasteiger partial charge on any atom is 0.336 e. The summed E-state index contributed by atoms with van der Waals surface area (Å²) in [5.41, 5.74) is 3.69. The molecular formula is C26H26N4O4. The Morgan fingerprint density at radius 3 is 2.62 bits per heavy atom. The van der Waals surface area contributed by atoms with Gasteiger partial charge >= 0.3 is 6.01 Å². The monoisotopic (exact) mass is 458 g/mol. The molecule has 1 aliphatic rings. The van der Waals surface area contributed by atoms with Gasteiger partial charge in [0, 0.05) is 24.2 Å². The van der Waals surface area contributed by atoms with Crippen LogP contribution in [0.3, 0.4) is 0 Å². The maximum atomic E-state index is 10.4. The number of rotatable bonds is 9. The summed E-state index contributed by atoms with van der Waals surface area (Å²) < 4.78 is 18.2. The van der Waals surface area contributed by atoms with E-state index in [0.717, 1.165) is 22.5 Å². The second-order valence-corrected chi connectivity index (χ2v) is 7.90. The number of aromatic nitrogens is 3. The number of hydrogen-bond donors (Lipinski definition) is 2. The minimum Gasteiger partial charge on any atom is -0.463 e. The zero-order chi connectivity index (χ0) is 23.3. The molecule has 174 valence electrons. The van der Waals surface area contributed by atoms with E-state index >= 15 is 0 Å². The highest BCUT2D eigenvalue weighted by Gasteiger charge is 2.19. The average molecular weight is 459 g/mol. The van der Waals surface area contributed by atoms with Gasteiger partial charge in [-0.1, -0.05) is 30.3 Å². The molecule has 8 nitrogen and oxygen atoms in total. The fraction of sp³-hybridized carbons (Fsp3) is 0.231. The predicted molar refractivity (Wildman–Crippen MR) is 129 cm³/mol. The Morgan fingerprint density at radius 2 is 1.82 bits per heavy atom. The van der Waals surface area contributed by atoms with Crippen molar-refractivity contribution in [3.8, 4) is 34.6 Å². The summed E-state index contributed by atoms with van der Waals surface area (Å²) >= 11 is 0. The van der Waals surface area contributed by atoms with Crippen LogP contribution in [-0.2, 0) is 6.42 Å². The molecule has 34 heavy (non-hydrogen) atoms. The minimum atomic E-state index is -0.483. The fourth-order valence-corrected chi connectivity index (χ4v) is 3.80. The van der Waals surface area contributed by atoms with Gasteiger partial charge in [0.15, 0.2) is 17.3 Å². The molecule has 1 aliphatic heterocycles. The van der Waals surface area contributed by atoms with E-state index in [-0.39, 0.29) is 6.79 Å². The smallest absolute Gasteiger partial charge is 0.336 e. The normalized spacial score (nSPS) is 13.0. The third-order valence-electron chi connectivity index (χ3n) is 5.46. The Hall–Kier alpha value is -4.04. The molecule has 0 spiro atoms. The third-order valence-corrected chi connectivity index (χ3v) is 5.46. The largest absolute Gasteiger partial charge is 0.463 e. The second-order valence-electron chi connectivity index (χ2n) is 7.90. The van der Waals surface area contributed by atoms with Crippen molar-refractivity contribution in [2.45, 2.75) is 19.4 Å². The van der Waals surface area contributed by atoms with Gasteiger partial charge in [0.1, 0.15) is 0 Å². The zero-order valence-electron chi connectivity index (χ0n) is 18.8. The van der Waals surface area contributed by atoms with Crippen molar-refractivity contribution in [2.75, 3.05) is 25.3 Å². The van der Waals surface area contributed by atoms with Crippen molar-refractivity contribution in [3.05, 3.63) is 78.4 Å². The zero-order valence-corrected chi connectivity index (χ0v) is 18.8. The van der Waals surface area contributed by atoms with Crippen LogP contribution in [0.15, 0.2) is 72.8 Å². The summed E-state index contributed by atoms with van der Waals surface area (Å²) in [6, 6.07) is 23.8. The topological polar surface area (TPSA) is 90.7 Å². The number of anilines is 1. The van der Waals surface area contributed by atoms with Crippen LogP contribution in [0, 0.1) is 0 Å². The van der Waals surface area contributed by atoms with Crippen LogP contribution in [0.4, 0.5) is 5.69 Å². The van der Waals surface area contributed by atoms with Crippen LogP contribution in [0.25, 0.3) is 17.1 Å². The molecule has 0 radical (unpaired) electrons. The van der Waals surface area contributed by atoms with Gasteiger partial charge in [-0.2, -0.15) is 4.98 Å². The number of nitrogens with zero attached hydrogens (tertiary/aromatic N) is 3. The molecule has 2 N–H and O–H groups in total. The van der Waals surface area contributed by atoms with Crippen molar-refractivity contribution < 1.29 is 19.3 Å². The molecule has 0 aliphatic carbocycles. The highest BCUT2D eigenvalue weighted by Crippen LogP contribution is 2.36. The molecular weight excluding hydrogens is 432 g/mol. The molecule has 1 atom stereocenters. The van der Waals surface area contributed by atoms with E-state index in [1.165, 1.54) is 0 Å². The summed E-state index contributed by atoms with van der Waals surface area (Å²) in [4.78, 5) is 4.58. The Kier molecular flexibility index (Phi) is 6.31. The van der Waals surface area contributed by atoms with Gasteiger partial charge < -0.3 is 24.6 Å². The number of aliphatic hydroxyl groups excluding tert-OH is 1. The summed E-state index contributed by atoms with van der Waals surface area (Å²) in [6.45, 7) is 3.03. The number of nitrogens with one attached hydrogen (secondary N) is 1. The third kappa shape index (κ3) is 4.82. The molecule has 0 saturated carbocycles. The van der Waals surface area contributed by atoms with Crippen LogP contribution in [0.1, 0.15) is 12.5 Å². The number of ether oxygens (including phenoxy) is 3. The molecule has 8 heteroatoms.